The van der Waals surface area contributed by atoms with Gasteiger partial charge in [-0.1, -0.05) is 32.9 Å². The molecule has 0 saturated carbocycles. The van der Waals surface area contributed by atoms with Gasteiger partial charge >= 0.3 is 0 Å². The van der Waals surface area contributed by atoms with Crippen LogP contribution in [-0.2, 0) is 14.8 Å². The fourth-order valence-corrected chi connectivity index (χ4v) is 4.45. The molecule has 0 radical (unpaired) electrons. The molecule has 148 valence electrons. The number of nitrogens with one attached hydrogen (secondary N) is 1. The van der Waals surface area contributed by atoms with Gasteiger partial charge < -0.3 is 10.2 Å². The zero-order valence-electron chi connectivity index (χ0n) is 15.9. The topological polar surface area (TPSA) is 69.7 Å². The maximum atomic E-state index is 12.8. The quantitative estimate of drug-likeness (QED) is 0.787. The molecular formula is C18H30ClN3O3S. The second-order valence-corrected chi connectivity index (χ2v) is 8.85. The highest BCUT2D eigenvalue weighted by molar-refractivity contribution is 7.89. The van der Waals surface area contributed by atoms with Gasteiger partial charge in [-0.15, -0.1) is 12.4 Å². The first-order chi connectivity index (χ1) is 11.8. The lowest BCUT2D eigenvalue weighted by molar-refractivity contribution is -0.136. The zero-order valence-corrected chi connectivity index (χ0v) is 17.6. The van der Waals surface area contributed by atoms with Gasteiger partial charge in [-0.3, -0.25) is 4.79 Å². The summed E-state index contributed by atoms with van der Waals surface area (Å²) in [7, 11) is -1.68. The van der Waals surface area contributed by atoms with Crippen LogP contribution in [-0.4, -0.2) is 63.3 Å². The summed E-state index contributed by atoms with van der Waals surface area (Å²) in [4.78, 5) is 14.4. The van der Waals surface area contributed by atoms with Crippen LogP contribution in [0.1, 0.15) is 32.3 Å². The van der Waals surface area contributed by atoms with E-state index in [9.17, 15) is 13.2 Å². The Morgan fingerprint density at radius 3 is 2.08 bits per heavy atom. The Bertz CT molecular complexity index is 684. The number of hydrogen-bond acceptors (Lipinski definition) is 4. The van der Waals surface area contributed by atoms with Crippen LogP contribution in [0.3, 0.4) is 0 Å². The van der Waals surface area contributed by atoms with Crippen molar-refractivity contribution in [3.8, 4) is 0 Å². The van der Waals surface area contributed by atoms with E-state index < -0.39 is 10.0 Å². The minimum atomic E-state index is -3.50. The normalized spacial score (nSPS) is 17.0. The van der Waals surface area contributed by atoms with Crippen molar-refractivity contribution in [2.45, 2.75) is 31.6 Å². The largest absolute Gasteiger partial charge is 0.340 e. The molecule has 1 atom stereocenters. The molecule has 1 aliphatic heterocycles. The van der Waals surface area contributed by atoms with E-state index in [4.69, 9.17) is 0 Å². The number of piperazine rings is 1. The van der Waals surface area contributed by atoms with Gasteiger partial charge in [-0.25, -0.2) is 8.42 Å². The third-order valence-electron chi connectivity index (χ3n) is 4.67. The molecule has 0 bridgehead atoms. The summed E-state index contributed by atoms with van der Waals surface area (Å²) in [6.07, 6.45) is 0. The zero-order chi connectivity index (χ0) is 18.6. The van der Waals surface area contributed by atoms with E-state index in [0.29, 0.717) is 43.5 Å². The summed E-state index contributed by atoms with van der Waals surface area (Å²) in [5.74, 6) is 0.343. The van der Waals surface area contributed by atoms with E-state index in [1.165, 1.54) is 4.31 Å². The molecule has 1 saturated heterocycles. The second kappa shape index (κ2) is 9.69. The smallest absolute Gasteiger partial charge is 0.243 e. The van der Waals surface area contributed by atoms with E-state index in [1.54, 1.807) is 17.0 Å². The molecule has 1 aromatic carbocycles. The summed E-state index contributed by atoms with van der Waals surface area (Å²) < 4.78 is 27.1. The van der Waals surface area contributed by atoms with Gasteiger partial charge in [0.2, 0.25) is 15.9 Å². The van der Waals surface area contributed by atoms with Gasteiger partial charge in [0.05, 0.1) is 4.90 Å². The molecule has 0 aliphatic carbocycles. The van der Waals surface area contributed by atoms with Crippen LogP contribution < -0.4 is 5.32 Å². The maximum absolute atomic E-state index is 12.8. The average Bonchev–Trinajstić information content (AvgIpc) is 2.61. The molecule has 1 heterocycles. The van der Waals surface area contributed by atoms with Crippen LogP contribution in [0.2, 0.25) is 0 Å². The molecule has 1 fully saturated rings. The highest BCUT2D eigenvalue weighted by Crippen LogP contribution is 2.21. The number of sulfonamides is 1. The molecule has 0 aromatic heterocycles. The summed E-state index contributed by atoms with van der Waals surface area (Å²) >= 11 is 0. The van der Waals surface area contributed by atoms with Crippen LogP contribution in [0.15, 0.2) is 29.2 Å². The highest BCUT2D eigenvalue weighted by Gasteiger charge is 2.31. The number of carbonyl (C=O) groups is 1. The SMILES string of the molecule is CNCC(C)C(=O)N1CCN(S(=O)(=O)c2ccc(C(C)C)cc2)CC1.Cl. The molecule has 1 aliphatic rings. The van der Waals surface area contributed by atoms with Crippen molar-refractivity contribution in [2.24, 2.45) is 5.92 Å². The number of benzene rings is 1. The highest BCUT2D eigenvalue weighted by atomic mass is 35.5. The van der Waals surface area contributed by atoms with Gasteiger partial charge in [0, 0.05) is 38.6 Å². The van der Waals surface area contributed by atoms with Crippen molar-refractivity contribution < 1.29 is 13.2 Å². The third-order valence-corrected chi connectivity index (χ3v) is 6.58. The molecule has 1 aromatic rings. The van der Waals surface area contributed by atoms with Gasteiger partial charge in [0.25, 0.3) is 0 Å². The van der Waals surface area contributed by atoms with Gasteiger partial charge in [0.1, 0.15) is 0 Å². The van der Waals surface area contributed by atoms with E-state index in [-0.39, 0.29) is 24.2 Å². The lowest BCUT2D eigenvalue weighted by atomic mass is 10.0. The Hall–Kier alpha value is -1.15. The van der Waals surface area contributed by atoms with E-state index in [1.807, 2.05) is 26.1 Å². The Kier molecular flexibility index (Phi) is 8.53. The first kappa shape index (κ1) is 22.9. The van der Waals surface area contributed by atoms with E-state index >= 15 is 0 Å². The summed E-state index contributed by atoms with van der Waals surface area (Å²) in [6, 6.07) is 7.10. The minimum absolute atomic E-state index is 0. The Morgan fingerprint density at radius 1 is 1.08 bits per heavy atom. The first-order valence-corrected chi connectivity index (χ1v) is 10.2. The number of rotatable bonds is 6. The van der Waals surface area contributed by atoms with Crippen LogP contribution >= 0.6 is 12.4 Å². The van der Waals surface area contributed by atoms with Gasteiger partial charge in [-0.2, -0.15) is 4.31 Å². The number of hydrogen-bond donors (Lipinski definition) is 1. The van der Waals surface area contributed by atoms with Gasteiger partial charge in [0.15, 0.2) is 0 Å². The predicted molar refractivity (Wildman–Crippen MR) is 106 cm³/mol. The standard InChI is InChI=1S/C18H29N3O3S.ClH/c1-14(2)16-5-7-17(8-6-16)25(23,24)21-11-9-20(10-12-21)18(22)15(3)13-19-4;/h5-8,14-15,19H,9-13H2,1-4H3;1H. The first-order valence-electron chi connectivity index (χ1n) is 8.81. The fraction of sp³-hybridized carbons (Fsp3) is 0.611. The maximum Gasteiger partial charge on any atom is 0.243 e. The van der Waals surface area contributed by atoms with Crippen molar-refractivity contribution >= 4 is 28.3 Å². The van der Waals surface area contributed by atoms with Gasteiger partial charge in [-0.05, 0) is 30.7 Å². The molecule has 6 nitrogen and oxygen atoms in total. The van der Waals surface area contributed by atoms with Crippen molar-refractivity contribution in [3.63, 3.8) is 0 Å². The monoisotopic (exact) mass is 403 g/mol. The van der Waals surface area contributed by atoms with Crippen LogP contribution in [0.25, 0.3) is 0 Å². The minimum Gasteiger partial charge on any atom is -0.340 e. The van der Waals surface area contributed by atoms with Crippen molar-refractivity contribution in [2.75, 3.05) is 39.8 Å². The molecule has 8 heteroatoms. The second-order valence-electron chi connectivity index (χ2n) is 6.91. The fourth-order valence-electron chi connectivity index (χ4n) is 3.03. The lowest BCUT2D eigenvalue weighted by Crippen LogP contribution is -2.52. The number of nitrogens with zero attached hydrogens (tertiary/aromatic N) is 2. The number of halogens is 1. The van der Waals surface area contributed by atoms with Crippen molar-refractivity contribution in [1.82, 2.24) is 14.5 Å². The van der Waals surface area contributed by atoms with Crippen LogP contribution in [0.4, 0.5) is 0 Å². The number of carbonyl (C=O) groups excluding carboxylic acids is 1. The Balaban J connectivity index is 0.00000338. The summed E-state index contributed by atoms with van der Waals surface area (Å²) in [5.41, 5.74) is 1.12. The van der Waals surface area contributed by atoms with E-state index in [0.717, 1.165) is 5.56 Å². The molecule has 2 rings (SSSR count). The molecular weight excluding hydrogens is 374 g/mol. The summed E-state index contributed by atoms with van der Waals surface area (Å²) in [6.45, 7) is 8.23. The average molecular weight is 404 g/mol. The Morgan fingerprint density at radius 2 is 1.62 bits per heavy atom. The third kappa shape index (κ3) is 5.19. The molecule has 1 unspecified atom stereocenters. The van der Waals surface area contributed by atoms with Crippen LogP contribution in [0.5, 0.6) is 0 Å². The number of amides is 1. The summed E-state index contributed by atoms with van der Waals surface area (Å²) in [5, 5.41) is 3.00. The molecule has 0 spiro atoms. The van der Waals surface area contributed by atoms with Crippen molar-refractivity contribution in [3.05, 3.63) is 29.8 Å². The van der Waals surface area contributed by atoms with Crippen molar-refractivity contribution in [1.29, 1.82) is 0 Å². The molecule has 1 N–H and O–H groups in total. The lowest BCUT2D eigenvalue weighted by Gasteiger charge is -2.35. The molecule has 1 amide bonds. The van der Waals surface area contributed by atoms with E-state index in [2.05, 4.69) is 19.2 Å². The van der Waals surface area contributed by atoms with Crippen LogP contribution in [0, 0.1) is 5.92 Å². The predicted octanol–water partition coefficient (Wildman–Crippen LogP) is 1.92. The molecule has 26 heavy (non-hydrogen) atoms. The Labute approximate surface area is 163 Å².